The number of phenolic OH excluding ortho intramolecular Hbond substituents is 1. The maximum atomic E-state index is 9.50. The SMILES string of the molecule is Nc1cc(CN2CCCC3CCCCC32)ccc1O. The number of nitrogens with two attached hydrogens (primary N) is 1. The summed E-state index contributed by atoms with van der Waals surface area (Å²) in [5.41, 5.74) is 7.51. The van der Waals surface area contributed by atoms with Crippen LogP contribution in [0.4, 0.5) is 5.69 Å². The highest BCUT2D eigenvalue weighted by atomic mass is 16.3. The highest BCUT2D eigenvalue weighted by Gasteiger charge is 2.32. The fourth-order valence-electron chi connectivity index (χ4n) is 3.86. The van der Waals surface area contributed by atoms with Crippen LogP contribution in [0.1, 0.15) is 44.1 Å². The Bertz CT molecular complexity index is 444. The lowest BCUT2D eigenvalue weighted by molar-refractivity contribution is 0.0547. The van der Waals surface area contributed by atoms with Crippen molar-refractivity contribution in [1.29, 1.82) is 0 Å². The predicted molar refractivity (Wildman–Crippen MR) is 77.9 cm³/mol. The third-order valence-corrected chi connectivity index (χ3v) is 4.84. The molecule has 3 heteroatoms. The van der Waals surface area contributed by atoms with Crippen LogP contribution in [0.15, 0.2) is 18.2 Å². The summed E-state index contributed by atoms with van der Waals surface area (Å²) >= 11 is 0. The molecule has 2 unspecified atom stereocenters. The van der Waals surface area contributed by atoms with Crippen molar-refractivity contribution < 1.29 is 5.11 Å². The van der Waals surface area contributed by atoms with Crippen LogP contribution in [-0.4, -0.2) is 22.6 Å². The molecule has 1 heterocycles. The standard InChI is InChI=1S/C16H24N2O/c17-14-10-12(7-8-16(14)19)11-18-9-3-5-13-4-1-2-6-15(13)18/h7-8,10,13,15,19H,1-6,9,11,17H2. The molecule has 1 saturated heterocycles. The first-order valence-electron chi connectivity index (χ1n) is 7.55. The predicted octanol–water partition coefficient (Wildman–Crippen LogP) is 3.13. The Morgan fingerprint density at radius 3 is 2.79 bits per heavy atom. The summed E-state index contributed by atoms with van der Waals surface area (Å²) < 4.78 is 0. The molecule has 2 aliphatic rings. The molecule has 0 aromatic heterocycles. The van der Waals surface area contributed by atoms with Crippen LogP contribution in [0.25, 0.3) is 0 Å². The molecule has 2 fully saturated rings. The van der Waals surface area contributed by atoms with E-state index in [0.717, 1.165) is 18.5 Å². The monoisotopic (exact) mass is 260 g/mol. The van der Waals surface area contributed by atoms with Gasteiger partial charge in [0, 0.05) is 12.6 Å². The molecule has 3 N–H and O–H groups in total. The number of phenols is 1. The van der Waals surface area contributed by atoms with Gasteiger partial charge in [0.05, 0.1) is 5.69 Å². The molecule has 1 aromatic carbocycles. The van der Waals surface area contributed by atoms with Crippen molar-refractivity contribution >= 4 is 5.69 Å². The Balaban J connectivity index is 1.72. The molecule has 3 nitrogen and oxygen atoms in total. The van der Waals surface area contributed by atoms with E-state index in [-0.39, 0.29) is 5.75 Å². The topological polar surface area (TPSA) is 49.5 Å². The highest BCUT2D eigenvalue weighted by Crippen LogP contribution is 2.36. The van der Waals surface area contributed by atoms with Gasteiger partial charge in [-0.25, -0.2) is 0 Å². The number of hydrogen-bond acceptors (Lipinski definition) is 3. The molecule has 0 amide bonds. The minimum Gasteiger partial charge on any atom is -0.506 e. The summed E-state index contributed by atoms with van der Waals surface area (Å²) in [6.07, 6.45) is 8.32. The largest absolute Gasteiger partial charge is 0.506 e. The minimum absolute atomic E-state index is 0.193. The zero-order chi connectivity index (χ0) is 13.2. The molecule has 104 valence electrons. The number of piperidine rings is 1. The lowest BCUT2D eigenvalue weighted by Crippen LogP contribution is -2.46. The summed E-state index contributed by atoms with van der Waals surface area (Å²) in [4.78, 5) is 2.64. The molecule has 1 aliphatic carbocycles. The van der Waals surface area contributed by atoms with Gasteiger partial charge in [0.2, 0.25) is 0 Å². The second-order valence-electron chi connectivity index (χ2n) is 6.12. The number of nitrogen functional groups attached to an aromatic ring is 1. The zero-order valence-electron chi connectivity index (χ0n) is 11.5. The van der Waals surface area contributed by atoms with Crippen LogP contribution in [0, 0.1) is 5.92 Å². The third kappa shape index (κ3) is 2.71. The molecule has 1 aliphatic heterocycles. The molecule has 1 aromatic rings. The first-order chi connectivity index (χ1) is 9.24. The molecule has 2 atom stereocenters. The van der Waals surface area contributed by atoms with E-state index >= 15 is 0 Å². The molecule has 3 rings (SSSR count). The van der Waals surface area contributed by atoms with Crippen LogP contribution in [0.3, 0.4) is 0 Å². The van der Waals surface area contributed by atoms with E-state index in [4.69, 9.17) is 5.73 Å². The highest BCUT2D eigenvalue weighted by molar-refractivity contribution is 5.53. The van der Waals surface area contributed by atoms with Crippen molar-refractivity contribution in [3.05, 3.63) is 23.8 Å². The molecule has 0 spiro atoms. The first-order valence-corrected chi connectivity index (χ1v) is 7.55. The number of fused-ring (bicyclic) bond motifs is 1. The van der Waals surface area contributed by atoms with Gasteiger partial charge in [-0.1, -0.05) is 18.9 Å². The van der Waals surface area contributed by atoms with Crippen molar-refractivity contribution in [3.63, 3.8) is 0 Å². The summed E-state index contributed by atoms with van der Waals surface area (Å²) in [7, 11) is 0. The zero-order valence-corrected chi connectivity index (χ0v) is 11.5. The number of rotatable bonds is 2. The molecule has 19 heavy (non-hydrogen) atoms. The van der Waals surface area contributed by atoms with Gasteiger partial charge in [0.1, 0.15) is 5.75 Å². The van der Waals surface area contributed by atoms with Gasteiger partial charge in [-0.05, 0) is 55.8 Å². The number of hydrogen-bond donors (Lipinski definition) is 2. The summed E-state index contributed by atoms with van der Waals surface area (Å²) in [6, 6.07) is 6.41. The molecule has 0 radical (unpaired) electrons. The van der Waals surface area contributed by atoms with Crippen LogP contribution in [-0.2, 0) is 6.54 Å². The summed E-state index contributed by atoms with van der Waals surface area (Å²) in [6.45, 7) is 2.19. The Kier molecular flexibility index (Phi) is 3.65. The molecular weight excluding hydrogens is 236 g/mol. The van der Waals surface area contributed by atoms with Crippen LogP contribution in [0.2, 0.25) is 0 Å². The number of likely N-dealkylation sites (tertiary alicyclic amines) is 1. The van der Waals surface area contributed by atoms with Gasteiger partial charge in [-0.15, -0.1) is 0 Å². The fraction of sp³-hybridized carbons (Fsp3) is 0.625. The smallest absolute Gasteiger partial charge is 0.138 e. The van der Waals surface area contributed by atoms with Crippen molar-refractivity contribution in [2.45, 2.75) is 51.1 Å². The van der Waals surface area contributed by atoms with E-state index in [0.29, 0.717) is 5.69 Å². The maximum absolute atomic E-state index is 9.50. The second kappa shape index (κ2) is 5.41. The van der Waals surface area contributed by atoms with E-state index in [1.807, 2.05) is 12.1 Å². The molecular formula is C16H24N2O. The molecule has 1 saturated carbocycles. The van der Waals surface area contributed by atoms with E-state index < -0.39 is 0 Å². The van der Waals surface area contributed by atoms with Gasteiger partial charge in [-0.3, -0.25) is 4.90 Å². The van der Waals surface area contributed by atoms with Crippen LogP contribution >= 0.6 is 0 Å². The summed E-state index contributed by atoms with van der Waals surface area (Å²) in [5, 5.41) is 9.50. The Labute approximate surface area is 115 Å². The van der Waals surface area contributed by atoms with Crippen LogP contribution in [0.5, 0.6) is 5.75 Å². The van der Waals surface area contributed by atoms with Gasteiger partial charge >= 0.3 is 0 Å². The van der Waals surface area contributed by atoms with Gasteiger partial charge in [0.25, 0.3) is 0 Å². The Morgan fingerprint density at radius 2 is 1.95 bits per heavy atom. The van der Waals surface area contributed by atoms with Gasteiger partial charge in [-0.2, -0.15) is 0 Å². The van der Waals surface area contributed by atoms with E-state index in [9.17, 15) is 5.11 Å². The van der Waals surface area contributed by atoms with Crippen LogP contribution < -0.4 is 5.73 Å². The first kappa shape index (κ1) is 12.8. The Morgan fingerprint density at radius 1 is 1.16 bits per heavy atom. The van der Waals surface area contributed by atoms with Crippen molar-refractivity contribution in [1.82, 2.24) is 4.90 Å². The average molecular weight is 260 g/mol. The number of nitrogens with zero attached hydrogens (tertiary/aromatic N) is 1. The van der Waals surface area contributed by atoms with E-state index in [1.54, 1.807) is 6.07 Å². The number of aromatic hydroxyl groups is 1. The van der Waals surface area contributed by atoms with E-state index in [2.05, 4.69) is 4.90 Å². The van der Waals surface area contributed by atoms with E-state index in [1.165, 1.54) is 50.6 Å². The van der Waals surface area contributed by atoms with Gasteiger partial charge < -0.3 is 10.8 Å². The number of anilines is 1. The Hall–Kier alpha value is -1.22. The normalized spacial score (nSPS) is 28.0. The lowest BCUT2D eigenvalue weighted by atomic mass is 9.78. The second-order valence-corrected chi connectivity index (χ2v) is 6.12. The summed E-state index contributed by atoms with van der Waals surface area (Å²) in [5.74, 6) is 1.11. The van der Waals surface area contributed by atoms with Crippen molar-refractivity contribution in [3.8, 4) is 5.75 Å². The van der Waals surface area contributed by atoms with Crippen molar-refractivity contribution in [2.75, 3.05) is 12.3 Å². The third-order valence-electron chi connectivity index (χ3n) is 4.84. The van der Waals surface area contributed by atoms with Crippen molar-refractivity contribution in [2.24, 2.45) is 5.92 Å². The molecule has 0 bridgehead atoms. The number of benzene rings is 1. The fourth-order valence-corrected chi connectivity index (χ4v) is 3.86. The quantitative estimate of drug-likeness (QED) is 0.634. The lowest BCUT2D eigenvalue weighted by Gasteiger charge is -2.44. The maximum Gasteiger partial charge on any atom is 0.138 e. The average Bonchev–Trinajstić information content (AvgIpc) is 2.43. The minimum atomic E-state index is 0.193. The van der Waals surface area contributed by atoms with Gasteiger partial charge in [0.15, 0.2) is 0 Å².